The first-order chi connectivity index (χ1) is 14.0. The lowest BCUT2D eigenvalue weighted by Crippen LogP contribution is -2.48. The van der Waals surface area contributed by atoms with Crippen molar-refractivity contribution in [1.82, 2.24) is 9.80 Å². The summed E-state index contributed by atoms with van der Waals surface area (Å²) in [4.78, 5) is 17.5. The Morgan fingerprint density at radius 3 is 2.79 bits per heavy atom. The maximum absolute atomic E-state index is 13.5. The van der Waals surface area contributed by atoms with Crippen molar-refractivity contribution in [2.24, 2.45) is 0 Å². The van der Waals surface area contributed by atoms with E-state index in [1.165, 1.54) is 30.6 Å². The molecule has 1 aliphatic rings. The van der Waals surface area contributed by atoms with Gasteiger partial charge in [-0.15, -0.1) is 11.3 Å². The number of anilines is 1. The van der Waals surface area contributed by atoms with Gasteiger partial charge in [0, 0.05) is 24.0 Å². The van der Waals surface area contributed by atoms with Crippen LogP contribution in [0.1, 0.15) is 22.5 Å². The maximum Gasteiger partial charge on any atom is 0.269 e. The summed E-state index contributed by atoms with van der Waals surface area (Å²) in [5, 5.41) is 13.4. The monoisotopic (exact) mass is 416 g/mol. The van der Waals surface area contributed by atoms with Crippen molar-refractivity contribution in [1.29, 1.82) is 5.41 Å². The van der Waals surface area contributed by atoms with E-state index >= 15 is 0 Å². The highest BCUT2D eigenvalue weighted by Crippen LogP contribution is 2.23. The van der Waals surface area contributed by atoms with Gasteiger partial charge < -0.3 is 15.0 Å². The molecule has 3 rings (SSSR count). The molecule has 1 aromatic heterocycles. The van der Waals surface area contributed by atoms with Crippen LogP contribution in [0.25, 0.3) is 0 Å². The number of piperidine rings is 1. The van der Waals surface area contributed by atoms with E-state index in [4.69, 9.17) is 10.1 Å². The van der Waals surface area contributed by atoms with Gasteiger partial charge in [-0.1, -0.05) is 6.07 Å². The lowest BCUT2D eigenvalue weighted by atomic mass is 10.0. The van der Waals surface area contributed by atoms with E-state index in [2.05, 4.69) is 17.3 Å². The number of carbonyl (C=O) groups excluding carboxylic acids is 1. The number of ether oxygens (including phenoxy) is 1. The lowest BCUT2D eigenvalue weighted by Gasteiger charge is -2.36. The number of likely N-dealkylation sites (tertiary alicyclic amines) is 1. The molecule has 1 aromatic carbocycles. The number of hydrogen-bond acceptors (Lipinski definition) is 6. The highest BCUT2D eigenvalue weighted by Gasteiger charge is 2.30. The molecule has 154 valence electrons. The first-order valence-electron chi connectivity index (χ1n) is 9.40. The molecule has 0 saturated carbocycles. The third kappa shape index (κ3) is 5.21. The summed E-state index contributed by atoms with van der Waals surface area (Å²) in [5.74, 6) is -0.323. The highest BCUT2D eigenvalue weighted by atomic mass is 32.1. The van der Waals surface area contributed by atoms with Crippen LogP contribution in [0.5, 0.6) is 5.75 Å². The molecular formula is C21H25FN4O2S. The number of carbonyl (C=O) groups is 1. The van der Waals surface area contributed by atoms with Crippen molar-refractivity contribution < 1.29 is 13.9 Å². The number of amidine groups is 1. The summed E-state index contributed by atoms with van der Waals surface area (Å²) in [6.45, 7) is 1.78. The van der Waals surface area contributed by atoms with Crippen molar-refractivity contribution in [3.8, 4) is 5.75 Å². The SMILES string of the molecule is COc1cc(N/C=C\C(=N)N(C(=O)c2cccs2)C2CCN(C)CC2)ccc1F. The second-order valence-electron chi connectivity index (χ2n) is 6.90. The van der Waals surface area contributed by atoms with Gasteiger partial charge in [-0.2, -0.15) is 0 Å². The number of thiophene rings is 1. The molecule has 8 heteroatoms. The molecule has 1 saturated heterocycles. The first kappa shape index (κ1) is 21.0. The van der Waals surface area contributed by atoms with Crippen LogP contribution in [0.3, 0.4) is 0 Å². The van der Waals surface area contributed by atoms with E-state index in [0.717, 1.165) is 25.9 Å². The van der Waals surface area contributed by atoms with Crippen LogP contribution in [-0.4, -0.2) is 54.8 Å². The Morgan fingerprint density at radius 1 is 1.38 bits per heavy atom. The predicted molar refractivity (Wildman–Crippen MR) is 114 cm³/mol. The molecule has 0 radical (unpaired) electrons. The van der Waals surface area contributed by atoms with Crippen LogP contribution in [0.15, 0.2) is 48.0 Å². The topological polar surface area (TPSA) is 68.7 Å². The summed E-state index contributed by atoms with van der Waals surface area (Å²) in [6.07, 6.45) is 4.79. The molecule has 2 heterocycles. The zero-order chi connectivity index (χ0) is 20.8. The van der Waals surface area contributed by atoms with Gasteiger partial charge in [-0.3, -0.25) is 15.1 Å². The number of benzene rings is 1. The third-order valence-corrected chi connectivity index (χ3v) is 5.76. The van der Waals surface area contributed by atoms with E-state index < -0.39 is 5.82 Å². The molecule has 2 aromatic rings. The molecule has 1 aliphatic heterocycles. The van der Waals surface area contributed by atoms with Gasteiger partial charge >= 0.3 is 0 Å². The van der Waals surface area contributed by atoms with Gasteiger partial charge in [-0.25, -0.2) is 4.39 Å². The van der Waals surface area contributed by atoms with Crippen LogP contribution in [0.4, 0.5) is 10.1 Å². The average molecular weight is 417 g/mol. The van der Waals surface area contributed by atoms with Crippen LogP contribution in [0.2, 0.25) is 0 Å². The number of hydrogen-bond donors (Lipinski definition) is 2. The fraction of sp³-hybridized carbons (Fsp3) is 0.333. The van der Waals surface area contributed by atoms with Crippen molar-refractivity contribution in [3.05, 3.63) is 58.7 Å². The van der Waals surface area contributed by atoms with E-state index in [9.17, 15) is 9.18 Å². The van der Waals surface area contributed by atoms with Crippen molar-refractivity contribution in [2.45, 2.75) is 18.9 Å². The molecule has 1 fully saturated rings. The second kappa shape index (κ2) is 9.67. The first-order valence-corrected chi connectivity index (χ1v) is 10.3. The molecule has 29 heavy (non-hydrogen) atoms. The van der Waals surface area contributed by atoms with Crippen LogP contribution < -0.4 is 10.1 Å². The van der Waals surface area contributed by atoms with Crippen molar-refractivity contribution >= 4 is 28.8 Å². The minimum absolute atomic E-state index is 0.0103. The highest BCUT2D eigenvalue weighted by molar-refractivity contribution is 7.12. The lowest BCUT2D eigenvalue weighted by molar-refractivity contribution is 0.0753. The summed E-state index contributed by atoms with van der Waals surface area (Å²) >= 11 is 1.38. The van der Waals surface area contributed by atoms with Crippen LogP contribution in [-0.2, 0) is 0 Å². The van der Waals surface area contributed by atoms with E-state index in [0.29, 0.717) is 10.6 Å². The smallest absolute Gasteiger partial charge is 0.269 e. The van der Waals surface area contributed by atoms with Gasteiger partial charge in [0.15, 0.2) is 11.6 Å². The zero-order valence-electron chi connectivity index (χ0n) is 16.5. The maximum atomic E-state index is 13.5. The van der Waals surface area contributed by atoms with Gasteiger partial charge in [0.2, 0.25) is 0 Å². The minimum Gasteiger partial charge on any atom is -0.494 e. The van der Waals surface area contributed by atoms with E-state index in [1.807, 2.05) is 11.4 Å². The number of amides is 1. The van der Waals surface area contributed by atoms with Gasteiger partial charge in [0.05, 0.1) is 12.0 Å². The molecule has 0 spiro atoms. The zero-order valence-corrected chi connectivity index (χ0v) is 17.3. The van der Waals surface area contributed by atoms with Gasteiger partial charge in [0.1, 0.15) is 5.84 Å². The Balaban J connectivity index is 1.73. The van der Waals surface area contributed by atoms with E-state index in [-0.39, 0.29) is 23.5 Å². The predicted octanol–water partition coefficient (Wildman–Crippen LogP) is 4.04. The number of rotatable bonds is 6. The summed E-state index contributed by atoms with van der Waals surface area (Å²) in [5.41, 5.74) is 0.628. The van der Waals surface area contributed by atoms with Crippen molar-refractivity contribution in [2.75, 3.05) is 32.6 Å². The second-order valence-corrected chi connectivity index (χ2v) is 7.85. The summed E-state index contributed by atoms with van der Waals surface area (Å²) < 4.78 is 18.5. The molecule has 0 atom stereocenters. The molecule has 2 N–H and O–H groups in total. The third-order valence-electron chi connectivity index (χ3n) is 4.91. The number of nitrogens with one attached hydrogen (secondary N) is 2. The number of nitrogens with zero attached hydrogens (tertiary/aromatic N) is 2. The molecule has 1 amide bonds. The number of halogens is 1. The Bertz CT molecular complexity index is 877. The molecule has 0 bridgehead atoms. The van der Waals surface area contributed by atoms with Gasteiger partial charge in [-0.05, 0) is 62.6 Å². The van der Waals surface area contributed by atoms with E-state index in [1.54, 1.807) is 29.3 Å². The fourth-order valence-corrected chi connectivity index (χ4v) is 3.95. The van der Waals surface area contributed by atoms with Crippen LogP contribution in [0, 0.1) is 11.2 Å². The quantitative estimate of drug-likeness (QED) is 0.551. The summed E-state index contributed by atoms with van der Waals surface area (Å²) in [7, 11) is 3.47. The Kier molecular flexibility index (Phi) is 7.00. The Morgan fingerprint density at radius 2 is 2.14 bits per heavy atom. The van der Waals surface area contributed by atoms with Crippen molar-refractivity contribution in [3.63, 3.8) is 0 Å². The Labute approximate surface area is 174 Å². The number of methoxy groups -OCH3 is 1. The Hall–Kier alpha value is -2.71. The molecule has 6 nitrogen and oxygen atoms in total. The van der Waals surface area contributed by atoms with Crippen LogP contribution >= 0.6 is 11.3 Å². The van der Waals surface area contributed by atoms with Gasteiger partial charge in [0.25, 0.3) is 5.91 Å². The minimum atomic E-state index is -0.440. The molecule has 0 aliphatic carbocycles. The molecule has 0 unspecified atom stereocenters. The average Bonchev–Trinajstić information content (AvgIpc) is 3.26. The standard InChI is InChI=1S/C21H25FN4O2S/c1-25-11-8-16(9-12-25)26(21(27)19-4-3-13-29-19)20(23)7-10-24-15-5-6-17(22)18(14-15)28-2/h3-7,10,13-14,16,23-24H,8-9,11-12H2,1-2H3/b10-7-,23-20?. The fourth-order valence-electron chi connectivity index (χ4n) is 3.29. The normalized spacial score (nSPS) is 15.4. The summed E-state index contributed by atoms with van der Waals surface area (Å²) in [6, 6.07) is 8.05. The molecular weight excluding hydrogens is 391 g/mol. The largest absolute Gasteiger partial charge is 0.494 e.